The van der Waals surface area contributed by atoms with E-state index in [0.29, 0.717) is 36.8 Å². The minimum atomic E-state index is -1.17. The van der Waals surface area contributed by atoms with E-state index in [0.717, 1.165) is 0 Å². The fourth-order valence-electron chi connectivity index (χ4n) is 1.79. The van der Waals surface area contributed by atoms with E-state index in [-0.39, 0.29) is 0 Å². The van der Waals surface area contributed by atoms with Gasteiger partial charge in [-0.2, -0.15) is 0 Å². The van der Waals surface area contributed by atoms with Gasteiger partial charge in [0.05, 0.1) is 13.2 Å². The maximum atomic E-state index is 11.3. The largest absolute Gasteiger partial charge is 0.478 e. The molecule has 1 N–H and O–H groups in total. The Balaban J connectivity index is 2.17. The van der Waals surface area contributed by atoms with Gasteiger partial charge >= 0.3 is 5.97 Å². The fourth-order valence-corrected chi connectivity index (χ4v) is 1.91. The smallest absolute Gasteiger partial charge is 0.348 e. The summed E-state index contributed by atoms with van der Waals surface area (Å²) in [7, 11) is 0. The summed E-state index contributed by atoms with van der Waals surface area (Å²) in [6.07, 6.45) is 0.704. The quantitative estimate of drug-likeness (QED) is 0.902. The Labute approximate surface area is 104 Å². The van der Waals surface area contributed by atoms with Crippen molar-refractivity contribution in [1.29, 1.82) is 0 Å². The Kier molecular flexibility index (Phi) is 3.54. The molecule has 1 aliphatic rings. The summed E-state index contributed by atoms with van der Waals surface area (Å²) in [6.45, 7) is 0.805. The topological polar surface area (TPSA) is 55.8 Å². The molecule has 1 saturated heterocycles. The molecule has 0 aromatic heterocycles. The molecule has 1 aromatic rings. The number of hydrogen-bond acceptors (Lipinski definition) is 3. The lowest BCUT2D eigenvalue weighted by atomic mass is 9.94. The molecule has 0 atom stereocenters. The summed E-state index contributed by atoms with van der Waals surface area (Å²) < 4.78 is 10.8. The van der Waals surface area contributed by atoms with Crippen molar-refractivity contribution >= 4 is 17.6 Å². The lowest BCUT2D eigenvalue weighted by Gasteiger charge is -2.33. The molecule has 4 nitrogen and oxygen atoms in total. The summed E-state index contributed by atoms with van der Waals surface area (Å²) >= 11 is 5.76. The lowest BCUT2D eigenvalue weighted by molar-refractivity contribution is -0.163. The van der Waals surface area contributed by atoms with Crippen molar-refractivity contribution in [3.05, 3.63) is 29.3 Å². The molecule has 1 fully saturated rings. The van der Waals surface area contributed by atoms with Crippen molar-refractivity contribution in [2.75, 3.05) is 13.2 Å². The number of carboxylic acid groups (broad SMARTS) is 1. The van der Waals surface area contributed by atoms with Crippen LogP contribution in [-0.2, 0) is 9.53 Å². The van der Waals surface area contributed by atoms with E-state index in [1.807, 2.05) is 0 Å². The Morgan fingerprint density at radius 1 is 1.29 bits per heavy atom. The number of hydrogen-bond donors (Lipinski definition) is 1. The minimum absolute atomic E-state index is 0.352. The highest BCUT2D eigenvalue weighted by Gasteiger charge is 2.42. The van der Waals surface area contributed by atoms with Gasteiger partial charge in [-0.15, -0.1) is 0 Å². The zero-order valence-corrected chi connectivity index (χ0v) is 9.94. The second-order valence-corrected chi connectivity index (χ2v) is 4.40. The number of carbonyl (C=O) groups is 1. The molecule has 0 saturated carbocycles. The molecule has 92 valence electrons. The van der Waals surface area contributed by atoms with Gasteiger partial charge in [0, 0.05) is 17.9 Å². The summed E-state index contributed by atoms with van der Waals surface area (Å²) in [5, 5.41) is 9.89. The van der Waals surface area contributed by atoms with Crippen molar-refractivity contribution in [2.24, 2.45) is 0 Å². The Bertz CT molecular complexity index is 395. The van der Waals surface area contributed by atoms with Gasteiger partial charge in [-0.3, -0.25) is 0 Å². The second-order valence-electron chi connectivity index (χ2n) is 3.97. The third-order valence-corrected chi connectivity index (χ3v) is 3.07. The van der Waals surface area contributed by atoms with Crippen LogP contribution in [0.4, 0.5) is 0 Å². The number of aliphatic carboxylic acids is 1. The molecule has 1 aromatic carbocycles. The van der Waals surface area contributed by atoms with Crippen molar-refractivity contribution in [1.82, 2.24) is 0 Å². The molecule has 0 unspecified atom stereocenters. The summed E-state index contributed by atoms with van der Waals surface area (Å²) in [4.78, 5) is 11.3. The molecule has 0 radical (unpaired) electrons. The maximum Gasteiger partial charge on any atom is 0.348 e. The van der Waals surface area contributed by atoms with Crippen LogP contribution in [0.15, 0.2) is 24.3 Å². The molecular formula is C12H13ClO4. The third kappa shape index (κ3) is 2.70. The molecule has 5 heteroatoms. The molecule has 1 heterocycles. The van der Waals surface area contributed by atoms with E-state index in [2.05, 4.69) is 0 Å². The molecule has 0 aliphatic carbocycles. The van der Waals surface area contributed by atoms with Crippen LogP contribution in [0.3, 0.4) is 0 Å². The number of rotatable bonds is 3. The number of ether oxygens (including phenoxy) is 2. The van der Waals surface area contributed by atoms with E-state index in [1.54, 1.807) is 24.3 Å². The average Bonchev–Trinajstić information content (AvgIpc) is 2.33. The fraction of sp³-hybridized carbons (Fsp3) is 0.417. The molecule has 0 bridgehead atoms. The summed E-state index contributed by atoms with van der Waals surface area (Å²) in [5.74, 6) is -0.436. The first kappa shape index (κ1) is 12.2. The highest BCUT2D eigenvalue weighted by atomic mass is 35.5. The van der Waals surface area contributed by atoms with E-state index < -0.39 is 11.6 Å². The van der Waals surface area contributed by atoms with E-state index >= 15 is 0 Å². The highest BCUT2D eigenvalue weighted by molar-refractivity contribution is 6.30. The van der Waals surface area contributed by atoms with Gasteiger partial charge in [0.15, 0.2) is 0 Å². The second kappa shape index (κ2) is 4.94. The Morgan fingerprint density at radius 3 is 2.41 bits per heavy atom. The monoisotopic (exact) mass is 256 g/mol. The van der Waals surface area contributed by atoms with Crippen molar-refractivity contribution in [2.45, 2.75) is 18.4 Å². The van der Waals surface area contributed by atoms with Gasteiger partial charge in [0.25, 0.3) is 0 Å². The molecular weight excluding hydrogens is 244 g/mol. The van der Waals surface area contributed by atoms with Gasteiger partial charge in [-0.1, -0.05) is 11.6 Å². The Hall–Kier alpha value is -1.26. The van der Waals surface area contributed by atoms with Crippen LogP contribution < -0.4 is 4.74 Å². The molecule has 1 aliphatic heterocycles. The first-order valence-electron chi connectivity index (χ1n) is 5.38. The predicted octanol–water partition coefficient (Wildman–Crippen LogP) is 2.35. The number of carboxylic acids is 1. The molecule has 0 amide bonds. The Morgan fingerprint density at radius 2 is 1.88 bits per heavy atom. The van der Waals surface area contributed by atoms with E-state index in [9.17, 15) is 9.90 Å². The van der Waals surface area contributed by atoms with Crippen LogP contribution >= 0.6 is 11.6 Å². The summed E-state index contributed by atoms with van der Waals surface area (Å²) in [5.41, 5.74) is -1.17. The van der Waals surface area contributed by atoms with Crippen molar-refractivity contribution in [3.8, 4) is 5.75 Å². The first-order valence-corrected chi connectivity index (χ1v) is 5.76. The number of halogens is 1. The van der Waals surface area contributed by atoms with Gasteiger partial charge in [0.2, 0.25) is 5.60 Å². The lowest BCUT2D eigenvalue weighted by Crippen LogP contribution is -2.49. The highest BCUT2D eigenvalue weighted by Crippen LogP contribution is 2.29. The SMILES string of the molecule is O=C(O)C1(Oc2ccc(Cl)cc2)CCOCC1. The van der Waals surface area contributed by atoms with Crippen LogP contribution in [0.5, 0.6) is 5.75 Å². The van der Waals surface area contributed by atoms with Crippen molar-refractivity contribution in [3.63, 3.8) is 0 Å². The van der Waals surface area contributed by atoms with Crippen LogP contribution in [0.25, 0.3) is 0 Å². The van der Waals surface area contributed by atoms with Crippen molar-refractivity contribution < 1.29 is 19.4 Å². The van der Waals surface area contributed by atoms with Crippen LogP contribution in [0.1, 0.15) is 12.8 Å². The van der Waals surface area contributed by atoms with E-state index in [1.165, 1.54) is 0 Å². The summed E-state index contributed by atoms with van der Waals surface area (Å²) in [6, 6.07) is 6.68. The van der Waals surface area contributed by atoms with Crippen LogP contribution in [0, 0.1) is 0 Å². The molecule has 2 rings (SSSR count). The van der Waals surface area contributed by atoms with E-state index in [4.69, 9.17) is 21.1 Å². The van der Waals surface area contributed by atoms with Gasteiger partial charge in [-0.25, -0.2) is 4.79 Å². The molecule has 17 heavy (non-hydrogen) atoms. The minimum Gasteiger partial charge on any atom is -0.478 e. The number of benzene rings is 1. The third-order valence-electron chi connectivity index (χ3n) is 2.82. The zero-order chi connectivity index (χ0) is 12.3. The zero-order valence-electron chi connectivity index (χ0n) is 9.19. The maximum absolute atomic E-state index is 11.3. The van der Waals surface area contributed by atoms with Gasteiger partial charge < -0.3 is 14.6 Å². The average molecular weight is 257 g/mol. The normalized spacial score (nSPS) is 18.6. The predicted molar refractivity (Wildman–Crippen MR) is 62.5 cm³/mol. The standard InChI is InChI=1S/C12H13ClO4/c13-9-1-3-10(4-2-9)17-12(11(14)15)5-7-16-8-6-12/h1-4H,5-8H2,(H,14,15). The van der Waals surface area contributed by atoms with Crippen LogP contribution in [-0.4, -0.2) is 29.9 Å². The van der Waals surface area contributed by atoms with Crippen LogP contribution in [0.2, 0.25) is 5.02 Å². The molecule has 0 spiro atoms. The first-order chi connectivity index (χ1) is 8.12. The van der Waals surface area contributed by atoms with Gasteiger partial charge in [0.1, 0.15) is 5.75 Å². The van der Waals surface area contributed by atoms with Gasteiger partial charge in [-0.05, 0) is 24.3 Å².